The molecule has 8 nitrogen and oxygen atoms in total. The second-order valence-corrected chi connectivity index (χ2v) is 7.75. The van der Waals surface area contributed by atoms with Crippen molar-refractivity contribution < 1.29 is 18.9 Å². The summed E-state index contributed by atoms with van der Waals surface area (Å²) in [6.07, 6.45) is 4.94. The highest BCUT2D eigenvalue weighted by atomic mass is 19.1. The van der Waals surface area contributed by atoms with E-state index in [0.717, 1.165) is 43.5 Å². The minimum absolute atomic E-state index is 0.00701. The van der Waals surface area contributed by atoms with Gasteiger partial charge in [0.25, 0.3) is 5.89 Å². The summed E-state index contributed by atoms with van der Waals surface area (Å²) in [5.41, 5.74) is 6.91. The maximum absolute atomic E-state index is 13.1. The van der Waals surface area contributed by atoms with Gasteiger partial charge in [0.2, 0.25) is 5.91 Å². The first kappa shape index (κ1) is 22.5. The summed E-state index contributed by atoms with van der Waals surface area (Å²) in [6, 6.07) is 7.36. The first-order chi connectivity index (χ1) is 15.0. The van der Waals surface area contributed by atoms with Crippen molar-refractivity contribution in [1.82, 2.24) is 10.1 Å². The Bertz CT molecular complexity index is 939. The Kier molecular flexibility index (Phi) is 7.75. The highest BCUT2D eigenvalue weighted by Gasteiger charge is 2.29. The van der Waals surface area contributed by atoms with E-state index in [2.05, 4.69) is 21.9 Å². The number of anilines is 1. The molecule has 0 aliphatic heterocycles. The lowest BCUT2D eigenvalue weighted by atomic mass is 10.1. The van der Waals surface area contributed by atoms with E-state index in [1.165, 1.54) is 0 Å². The number of nitrogens with zero attached hydrogens (tertiary/aromatic N) is 4. The van der Waals surface area contributed by atoms with Gasteiger partial charge in [0.05, 0.1) is 5.83 Å². The monoisotopic (exact) mass is 429 g/mol. The fraction of sp³-hybridized carbons (Fsp3) is 0.455. The number of amides is 1. The van der Waals surface area contributed by atoms with Crippen molar-refractivity contribution in [3.05, 3.63) is 42.5 Å². The summed E-state index contributed by atoms with van der Waals surface area (Å²) in [6.45, 7) is 3.70. The second-order valence-electron chi connectivity index (χ2n) is 7.75. The first-order valence-corrected chi connectivity index (χ1v) is 10.5. The maximum Gasteiger partial charge on any atom is 0.258 e. The first-order valence-electron chi connectivity index (χ1n) is 10.5. The van der Waals surface area contributed by atoms with E-state index in [-0.39, 0.29) is 24.6 Å². The molecule has 1 heterocycles. The Morgan fingerprint density at radius 1 is 1.29 bits per heavy atom. The normalized spacial score (nSPS) is 13.9. The Labute approximate surface area is 180 Å². The molecule has 0 bridgehead atoms. The van der Waals surface area contributed by atoms with Crippen LogP contribution in [0.15, 0.2) is 46.4 Å². The molecule has 0 spiro atoms. The number of halogens is 1. The standard InChI is InChI=1S/C22H28FN5O3/c1-15(23)9-12-20(29)28(13-4-2-3-8-19(24)26-30)18-7-5-6-17(14-18)22-25-21(27-31-22)16-10-11-16/h5-7,14,16,30H,1-4,8-13H2,(H2,24,26). The summed E-state index contributed by atoms with van der Waals surface area (Å²) in [5.74, 6) is 1.02. The SMILES string of the molecule is C=C(F)CCC(=O)N(CCCCC/C(N)=N/O)c1cccc(-c2nc(C3CC3)no2)c1. The minimum atomic E-state index is -0.515. The molecular formula is C22H28FN5O3. The Balaban J connectivity index is 1.70. The molecule has 3 rings (SSSR count). The van der Waals surface area contributed by atoms with E-state index in [0.29, 0.717) is 30.5 Å². The molecule has 1 aliphatic rings. The zero-order valence-electron chi connectivity index (χ0n) is 17.5. The highest BCUT2D eigenvalue weighted by molar-refractivity contribution is 5.94. The molecule has 31 heavy (non-hydrogen) atoms. The number of aromatic nitrogens is 2. The quantitative estimate of drug-likeness (QED) is 0.168. The molecule has 1 amide bonds. The smallest absolute Gasteiger partial charge is 0.258 e. The van der Waals surface area contributed by atoms with Crippen molar-refractivity contribution in [2.75, 3.05) is 11.4 Å². The third-order valence-corrected chi connectivity index (χ3v) is 5.14. The van der Waals surface area contributed by atoms with Gasteiger partial charge in [-0.1, -0.05) is 29.4 Å². The summed E-state index contributed by atoms with van der Waals surface area (Å²) < 4.78 is 18.5. The predicted octanol–water partition coefficient (Wildman–Crippen LogP) is 4.52. The molecule has 1 aliphatic carbocycles. The van der Waals surface area contributed by atoms with Gasteiger partial charge in [-0.05, 0) is 43.9 Å². The van der Waals surface area contributed by atoms with Gasteiger partial charge in [0.1, 0.15) is 5.84 Å². The third-order valence-electron chi connectivity index (χ3n) is 5.14. The van der Waals surface area contributed by atoms with Crippen molar-refractivity contribution in [2.45, 2.75) is 57.3 Å². The summed E-state index contributed by atoms with van der Waals surface area (Å²) in [7, 11) is 0. The van der Waals surface area contributed by atoms with Crippen LogP contribution in [0.5, 0.6) is 0 Å². The number of unbranched alkanes of at least 4 members (excludes halogenated alkanes) is 2. The van der Waals surface area contributed by atoms with E-state index in [4.69, 9.17) is 15.5 Å². The number of hydrogen-bond acceptors (Lipinski definition) is 6. The van der Waals surface area contributed by atoms with Crippen LogP contribution in [0.1, 0.15) is 63.1 Å². The highest BCUT2D eigenvalue weighted by Crippen LogP contribution is 2.39. The number of carbonyl (C=O) groups excluding carboxylic acids is 1. The number of carbonyl (C=O) groups is 1. The summed E-state index contributed by atoms with van der Waals surface area (Å²) in [4.78, 5) is 18.9. The maximum atomic E-state index is 13.1. The van der Waals surface area contributed by atoms with Crippen LogP contribution in [0.25, 0.3) is 11.5 Å². The minimum Gasteiger partial charge on any atom is -0.409 e. The lowest BCUT2D eigenvalue weighted by Gasteiger charge is -2.23. The lowest BCUT2D eigenvalue weighted by Crippen LogP contribution is -2.31. The number of hydrogen-bond donors (Lipinski definition) is 2. The van der Waals surface area contributed by atoms with Crippen LogP contribution in [0.3, 0.4) is 0 Å². The van der Waals surface area contributed by atoms with Crippen molar-refractivity contribution >= 4 is 17.4 Å². The molecular weight excluding hydrogens is 401 g/mol. The van der Waals surface area contributed by atoms with E-state index in [1.807, 2.05) is 24.3 Å². The molecule has 1 saturated carbocycles. The van der Waals surface area contributed by atoms with Crippen LogP contribution < -0.4 is 10.6 Å². The molecule has 1 aromatic heterocycles. The number of rotatable bonds is 12. The zero-order valence-corrected chi connectivity index (χ0v) is 17.5. The summed E-state index contributed by atoms with van der Waals surface area (Å²) in [5, 5.41) is 15.6. The number of allylic oxidation sites excluding steroid dienone is 1. The fourth-order valence-corrected chi connectivity index (χ4v) is 3.24. The van der Waals surface area contributed by atoms with Gasteiger partial charge < -0.3 is 20.4 Å². The van der Waals surface area contributed by atoms with Crippen LogP contribution in [0.2, 0.25) is 0 Å². The number of amidine groups is 1. The van der Waals surface area contributed by atoms with Crippen LogP contribution >= 0.6 is 0 Å². The van der Waals surface area contributed by atoms with E-state index in [1.54, 1.807) is 4.90 Å². The molecule has 3 N–H and O–H groups in total. The molecule has 0 unspecified atom stereocenters. The average molecular weight is 429 g/mol. The van der Waals surface area contributed by atoms with E-state index >= 15 is 0 Å². The average Bonchev–Trinajstić information content (AvgIpc) is 3.50. The van der Waals surface area contributed by atoms with Crippen molar-refractivity contribution in [2.24, 2.45) is 10.9 Å². The van der Waals surface area contributed by atoms with E-state index < -0.39 is 5.83 Å². The van der Waals surface area contributed by atoms with Gasteiger partial charge in [0, 0.05) is 43.0 Å². The predicted molar refractivity (Wildman–Crippen MR) is 115 cm³/mol. The van der Waals surface area contributed by atoms with Crippen molar-refractivity contribution in [1.29, 1.82) is 0 Å². The number of nitrogens with two attached hydrogens (primary N) is 1. The molecule has 166 valence electrons. The Hall–Kier alpha value is -3.23. The molecule has 2 aromatic rings. The molecule has 0 radical (unpaired) electrons. The zero-order chi connectivity index (χ0) is 22.2. The van der Waals surface area contributed by atoms with Gasteiger partial charge in [-0.25, -0.2) is 4.39 Å². The van der Waals surface area contributed by atoms with Crippen LogP contribution in [0, 0.1) is 0 Å². The number of oxime groups is 1. The Morgan fingerprint density at radius 3 is 2.81 bits per heavy atom. The second kappa shape index (κ2) is 10.7. The third kappa shape index (κ3) is 6.63. The molecule has 0 atom stereocenters. The van der Waals surface area contributed by atoms with Gasteiger partial charge in [-0.3, -0.25) is 4.79 Å². The Morgan fingerprint density at radius 2 is 2.10 bits per heavy atom. The van der Waals surface area contributed by atoms with Crippen molar-refractivity contribution in [3.8, 4) is 11.5 Å². The molecule has 1 aromatic carbocycles. The largest absolute Gasteiger partial charge is 0.409 e. The topological polar surface area (TPSA) is 118 Å². The molecule has 9 heteroatoms. The fourth-order valence-electron chi connectivity index (χ4n) is 3.24. The van der Waals surface area contributed by atoms with Crippen LogP contribution in [-0.4, -0.2) is 33.6 Å². The lowest BCUT2D eigenvalue weighted by molar-refractivity contribution is -0.118. The van der Waals surface area contributed by atoms with Gasteiger partial charge in [-0.15, -0.1) is 0 Å². The number of benzene rings is 1. The summed E-state index contributed by atoms with van der Waals surface area (Å²) >= 11 is 0. The molecule has 0 saturated heterocycles. The van der Waals surface area contributed by atoms with Crippen molar-refractivity contribution in [3.63, 3.8) is 0 Å². The van der Waals surface area contributed by atoms with Gasteiger partial charge in [0.15, 0.2) is 5.82 Å². The molecule has 1 fully saturated rings. The van der Waals surface area contributed by atoms with Gasteiger partial charge >= 0.3 is 0 Å². The van der Waals surface area contributed by atoms with E-state index in [9.17, 15) is 9.18 Å². The van der Waals surface area contributed by atoms with Gasteiger partial charge in [-0.2, -0.15) is 4.98 Å². The van der Waals surface area contributed by atoms with Crippen LogP contribution in [0.4, 0.5) is 10.1 Å². The van der Waals surface area contributed by atoms with Crippen LogP contribution in [-0.2, 0) is 4.79 Å².